The molecule has 15 nitrogen and oxygen atoms in total. The monoisotopic (exact) mass is 678 g/mol. The van der Waals surface area contributed by atoms with E-state index < -0.39 is 36.6 Å². The van der Waals surface area contributed by atoms with Crippen molar-refractivity contribution in [3.63, 3.8) is 0 Å². The quantitative estimate of drug-likeness (QED) is 0.116. The third-order valence-corrected chi connectivity index (χ3v) is 14.7. The van der Waals surface area contributed by atoms with Crippen LogP contribution in [0.4, 0.5) is 0 Å². The maximum Gasteiger partial charge on any atom is 0.0803 e. The van der Waals surface area contributed by atoms with E-state index in [0.29, 0.717) is 44.9 Å². The van der Waals surface area contributed by atoms with Gasteiger partial charge in [0.2, 0.25) is 0 Å². The van der Waals surface area contributed by atoms with Gasteiger partial charge in [-0.3, -0.25) is 42.5 Å². The molecule has 24 atom stereocenters. The summed E-state index contributed by atoms with van der Waals surface area (Å²) >= 11 is 0. The number of fused-ring (bicyclic) bond motifs is 20. The Balaban J connectivity index is 1.07. The van der Waals surface area contributed by atoms with Crippen molar-refractivity contribution in [2.75, 3.05) is 0 Å². The van der Waals surface area contributed by atoms with Gasteiger partial charge in [-0.1, -0.05) is 6.92 Å². The molecule has 5 heterocycles. The Kier molecular flexibility index (Phi) is 8.67. The summed E-state index contributed by atoms with van der Waals surface area (Å²) in [4.78, 5) is 0. The highest BCUT2D eigenvalue weighted by Gasteiger charge is 2.58. The Morgan fingerprint density at radius 3 is 0.646 bits per heavy atom. The number of rotatable bonds is 0. The van der Waals surface area contributed by atoms with Crippen molar-refractivity contribution in [2.24, 2.45) is 53.3 Å². The van der Waals surface area contributed by atoms with Gasteiger partial charge in [0.15, 0.2) is 0 Å². The molecule has 0 radical (unpaired) electrons. The molecule has 48 heavy (non-hydrogen) atoms. The number of hydrogen-bond acceptors (Lipinski definition) is 15. The first-order valence-corrected chi connectivity index (χ1v) is 18.9. The molecule has 0 spiro atoms. The summed E-state index contributed by atoms with van der Waals surface area (Å²) in [7, 11) is 0. The van der Waals surface area contributed by atoms with E-state index in [9.17, 15) is 35.7 Å². The van der Waals surface area contributed by atoms with Gasteiger partial charge in [-0.25, -0.2) is 0 Å². The van der Waals surface area contributed by atoms with E-state index in [4.69, 9.17) is 0 Å². The molecule has 24 unspecified atom stereocenters. The molecule has 9 aliphatic rings. The fourth-order valence-electron chi connectivity index (χ4n) is 12.1. The van der Waals surface area contributed by atoms with Crippen LogP contribution in [0.5, 0.6) is 0 Å². The molecule has 0 amide bonds. The summed E-state index contributed by atoms with van der Waals surface area (Å²) in [5.74, 6) is 0.958. The molecule has 15 N–H and O–H groups in total. The molecule has 8 bridgehead atoms. The van der Waals surface area contributed by atoms with Crippen molar-refractivity contribution >= 4 is 0 Å². The van der Waals surface area contributed by atoms with E-state index in [1.807, 2.05) is 0 Å². The number of aliphatic hydroxyl groups excluding tert-OH is 7. The average Bonchev–Trinajstić information content (AvgIpc) is 3.74. The Morgan fingerprint density at radius 2 is 0.438 bits per heavy atom. The minimum Gasteiger partial charge on any atom is -0.393 e. The van der Waals surface area contributed by atoms with Crippen molar-refractivity contribution in [3.8, 4) is 0 Å². The standard InChI is InChI=1S/C33H58N8O7/c1-10-2-11-12(3-19(10)42)27-34-26(11)35-28-13-4-20(43)21(44)5-14(13)30(37-28)39-32-17-8-24(47)25(48)9-18(17)33(41-32)40-31-16-7-23(46)22(45)6-15(16)29(36-27)38-31/h10-48H,2-9H2,1H3. The largest absolute Gasteiger partial charge is 0.393 e. The second kappa shape index (κ2) is 12.5. The van der Waals surface area contributed by atoms with Gasteiger partial charge in [0.05, 0.1) is 92.1 Å². The lowest BCUT2D eigenvalue weighted by Gasteiger charge is -2.40. The van der Waals surface area contributed by atoms with Crippen molar-refractivity contribution in [2.45, 2.75) is 150 Å². The lowest BCUT2D eigenvalue weighted by atomic mass is 9.72. The summed E-state index contributed by atoms with van der Waals surface area (Å²) in [5, 5.41) is 107. The minimum atomic E-state index is -0.809. The summed E-state index contributed by atoms with van der Waals surface area (Å²) in [5.41, 5.74) is 0. The first kappa shape index (κ1) is 33.3. The van der Waals surface area contributed by atoms with Gasteiger partial charge >= 0.3 is 0 Å². The van der Waals surface area contributed by atoms with Gasteiger partial charge < -0.3 is 35.7 Å². The van der Waals surface area contributed by atoms with Crippen LogP contribution >= 0.6 is 0 Å². The molecule has 5 saturated heterocycles. The van der Waals surface area contributed by atoms with Crippen LogP contribution in [0.25, 0.3) is 0 Å². The summed E-state index contributed by atoms with van der Waals surface area (Å²) in [6, 6.07) is 0. The first-order valence-electron chi connectivity index (χ1n) is 18.9. The molecular formula is C33H58N8O7. The molecule has 0 aromatic carbocycles. The predicted molar refractivity (Wildman–Crippen MR) is 171 cm³/mol. The van der Waals surface area contributed by atoms with Crippen LogP contribution in [0, 0.1) is 53.3 Å². The van der Waals surface area contributed by atoms with E-state index in [-0.39, 0.29) is 109 Å². The Morgan fingerprint density at radius 1 is 0.271 bits per heavy atom. The fraction of sp³-hybridized carbons (Fsp3) is 1.00. The third-order valence-electron chi connectivity index (χ3n) is 14.7. The number of aliphatic hydroxyl groups is 7. The van der Waals surface area contributed by atoms with E-state index in [1.54, 1.807) is 0 Å². The normalized spacial score (nSPS) is 62.5. The highest BCUT2D eigenvalue weighted by atomic mass is 16.3. The highest BCUT2D eigenvalue weighted by Crippen LogP contribution is 2.46. The summed E-state index contributed by atoms with van der Waals surface area (Å²) in [6.07, 6.45) is -1.89. The van der Waals surface area contributed by atoms with Crippen molar-refractivity contribution in [1.82, 2.24) is 42.5 Å². The van der Waals surface area contributed by atoms with Crippen LogP contribution in [0.15, 0.2) is 0 Å². The summed E-state index contributed by atoms with van der Waals surface area (Å²) < 4.78 is 0. The Labute approximate surface area is 281 Å². The SMILES string of the molecule is CC1CC2C3NC(NC4NC(NC5NC(NC6NC(N3)C3CC(O)C(O)CC63)C3CC(O)C(O)CC53)C3CC(O)C(O)CC43)C2CC1O. The molecule has 9 rings (SSSR count). The van der Waals surface area contributed by atoms with Crippen LogP contribution in [0.3, 0.4) is 0 Å². The van der Waals surface area contributed by atoms with Gasteiger partial charge in [-0.2, -0.15) is 0 Å². The second-order valence-electron chi connectivity index (χ2n) is 17.3. The second-order valence-corrected chi connectivity index (χ2v) is 17.3. The van der Waals surface area contributed by atoms with Gasteiger partial charge in [0.1, 0.15) is 0 Å². The van der Waals surface area contributed by atoms with Gasteiger partial charge in [0.25, 0.3) is 0 Å². The topological polar surface area (TPSA) is 238 Å². The fourth-order valence-corrected chi connectivity index (χ4v) is 12.1. The highest BCUT2D eigenvalue weighted by molar-refractivity contribution is 5.11. The maximum absolute atomic E-state index is 11.0. The predicted octanol–water partition coefficient (Wildman–Crippen LogP) is -4.35. The smallest absolute Gasteiger partial charge is 0.0803 e. The van der Waals surface area contributed by atoms with Crippen molar-refractivity contribution < 1.29 is 35.7 Å². The third kappa shape index (κ3) is 5.51. The molecule has 15 heteroatoms. The lowest BCUT2D eigenvalue weighted by molar-refractivity contribution is -0.0554. The molecule has 9 fully saturated rings. The van der Waals surface area contributed by atoms with Gasteiger partial charge in [0, 0.05) is 0 Å². The van der Waals surface area contributed by atoms with E-state index >= 15 is 0 Å². The zero-order valence-corrected chi connectivity index (χ0v) is 27.6. The molecule has 0 aromatic heterocycles. The molecule has 4 saturated carbocycles. The maximum atomic E-state index is 11.0. The van der Waals surface area contributed by atoms with Crippen molar-refractivity contribution in [3.05, 3.63) is 0 Å². The van der Waals surface area contributed by atoms with Crippen molar-refractivity contribution in [1.29, 1.82) is 0 Å². The molecular weight excluding hydrogens is 620 g/mol. The number of hydrogen-bond donors (Lipinski definition) is 15. The average molecular weight is 679 g/mol. The Hall–Kier alpha value is -0.600. The molecule has 0 aromatic rings. The van der Waals surface area contributed by atoms with E-state index in [2.05, 4.69) is 49.5 Å². The molecule has 5 aliphatic heterocycles. The van der Waals surface area contributed by atoms with Gasteiger partial charge in [-0.15, -0.1) is 0 Å². The van der Waals surface area contributed by atoms with Crippen LogP contribution in [0.2, 0.25) is 0 Å². The number of nitrogens with one attached hydrogen (secondary N) is 8. The van der Waals surface area contributed by atoms with Crippen LogP contribution in [0.1, 0.15) is 58.3 Å². The Bertz CT molecular complexity index is 939. The lowest BCUT2D eigenvalue weighted by Crippen LogP contribution is -2.61. The molecule has 4 aliphatic carbocycles. The van der Waals surface area contributed by atoms with Crippen LogP contribution in [-0.4, -0.2) is 128 Å². The zero-order chi connectivity index (χ0) is 33.2. The van der Waals surface area contributed by atoms with E-state index in [0.717, 1.165) is 6.42 Å². The van der Waals surface area contributed by atoms with Crippen LogP contribution in [-0.2, 0) is 0 Å². The first-order chi connectivity index (χ1) is 23.0. The van der Waals surface area contributed by atoms with Gasteiger partial charge in [-0.05, 0) is 105 Å². The summed E-state index contributed by atoms with van der Waals surface area (Å²) in [6.45, 7) is 2.13. The zero-order valence-electron chi connectivity index (χ0n) is 27.6. The molecule has 272 valence electrons. The van der Waals surface area contributed by atoms with Crippen LogP contribution < -0.4 is 42.5 Å². The van der Waals surface area contributed by atoms with E-state index in [1.165, 1.54) is 0 Å². The minimum absolute atomic E-state index is 0.0389.